The van der Waals surface area contributed by atoms with Crippen LogP contribution in [0.25, 0.3) is 11.0 Å². The summed E-state index contributed by atoms with van der Waals surface area (Å²) >= 11 is 0. The number of pyridine rings is 1. The highest BCUT2D eigenvalue weighted by Crippen LogP contribution is 2.41. The summed E-state index contributed by atoms with van der Waals surface area (Å²) in [5, 5.41) is 0. The topological polar surface area (TPSA) is 67.9 Å². The smallest absolute Gasteiger partial charge is 0.228 e. The van der Waals surface area contributed by atoms with Crippen molar-refractivity contribution in [2.24, 2.45) is 11.8 Å². The van der Waals surface area contributed by atoms with Crippen LogP contribution >= 0.6 is 0 Å². The Morgan fingerprint density at radius 1 is 0.970 bits per heavy atom. The largest absolute Gasteiger partial charge is 0.439 e. The van der Waals surface area contributed by atoms with Crippen molar-refractivity contribution in [3.8, 4) is 11.6 Å². The lowest BCUT2D eigenvalue weighted by Crippen LogP contribution is -2.18. The van der Waals surface area contributed by atoms with E-state index in [1.54, 1.807) is 18.3 Å². The number of nitrogens with zero attached hydrogens (tertiary/aromatic N) is 2. The molecule has 5 rings (SSSR count). The number of hydrogen-bond donors (Lipinski definition) is 1. The molecule has 1 fully saturated rings. The molecule has 168 valence electrons. The van der Waals surface area contributed by atoms with Crippen LogP contribution in [0, 0.1) is 11.8 Å². The number of carbonyl (C=O) groups excluding carboxylic acids is 1. The molecule has 1 aliphatic carbocycles. The van der Waals surface area contributed by atoms with Gasteiger partial charge >= 0.3 is 0 Å². The van der Waals surface area contributed by atoms with Gasteiger partial charge in [-0.05, 0) is 85.9 Å². The SMILES string of the molecule is CC(C)C1CCC(c2cccnc2Oc2ccc(C(=O)c3nc4ccccc4[nH]3)cc2)CC1. The van der Waals surface area contributed by atoms with Crippen LogP contribution in [-0.4, -0.2) is 20.7 Å². The van der Waals surface area contributed by atoms with Gasteiger partial charge in [-0.1, -0.05) is 32.0 Å². The maximum Gasteiger partial charge on any atom is 0.228 e. The van der Waals surface area contributed by atoms with Gasteiger partial charge in [-0.15, -0.1) is 0 Å². The molecule has 0 bridgehead atoms. The van der Waals surface area contributed by atoms with Crippen molar-refractivity contribution in [1.29, 1.82) is 0 Å². The van der Waals surface area contributed by atoms with Crippen molar-refractivity contribution < 1.29 is 9.53 Å². The molecule has 2 heterocycles. The Kier molecular flexibility index (Phi) is 5.95. The van der Waals surface area contributed by atoms with Crippen LogP contribution < -0.4 is 4.74 Å². The number of rotatable bonds is 6. The molecule has 1 N–H and O–H groups in total. The Balaban J connectivity index is 1.30. The summed E-state index contributed by atoms with van der Waals surface area (Å²) in [4.78, 5) is 24.9. The summed E-state index contributed by atoms with van der Waals surface area (Å²) < 4.78 is 6.18. The molecular weight excluding hydrogens is 410 g/mol. The van der Waals surface area contributed by atoms with E-state index in [2.05, 4.69) is 34.9 Å². The van der Waals surface area contributed by atoms with Gasteiger partial charge in [0.25, 0.3) is 0 Å². The van der Waals surface area contributed by atoms with Crippen molar-refractivity contribution in [2.45, 2.75) is 45.4 Å². The van der Waals surface area contributed by atoms with Crippen LogP contribution in [0.3, 0.4) is 0 Å². The van der Waals surface area contributed by atoms with Gasteiger partial charge in [0, 0.05) is 17.3 Å². The van der Waals surface area contributed by atoms with E-state index in [0.717, 1.165) is 22.9 Å². The lowest BCUT2D eigenvalue weighted by atomic mass is 9.75. The summed E-state index contributed by atoms with van der Waals surface area (Å²) in [5.41, 5.74) is 3.38. The van der Waals surface area contributed by atoms with Gasteiger partial charge in [0.1, 0.15) is 5.75 Å². The molecule has 1 aliphatic rings. The molecule has 0 amide bonds. The number of fused-ring (bicyclic) bond motifs is 1. The Labute approximate surface area is 194 Å². The Morgan fingerprint density at radius 3 is 2.45 bits per heavy atom. The molecule has 0 aliphatic heterocycles. The van der Waals surface area contributed by atoms with Gasteiger partial charge in [-0.25, -0.2) is 9.97 Å². The van der Waals surface area contributed by atoms with E-state index in [4.69, 9.17) is 4.74 Å². The van der Waals surface area contributed by atoms with E-state index in [9.17, 15) is 4.79 Å². The molecule has 0 saturated heterocycles. The number of imidazole rings is 1. The molecule has 2 aromatic heterocycles. The second kappa shape index (κ2) is 9.18. The molecule has 0 spiro atoms. The Morgan fingerprint density at radius 2 is 1.73 bits per heavy atom. The molecule has 0 unspecified atom stereocenters. The highest BCUT2D eigenvalue weighted by Gasteiger charge is 2.26. The third-order valence-corrected chi connectivity index (χ3v) is 6.89. The molecule has 2 aromatic carbocycles. The normalized spacial score (nSPS) is 18.5. The van der Waals surface area contributed by atoms with Crippen LogP contribution in [0.1, 0.15) is 67.2 Å². The minimum atomic E-state index is -0.141. The average molecular weight is 440 g/mol. The molecule has 0 atom stereocenters. The first kappa shape index (κ1) is 21.4. The third kappa shape index (κ3) is 4.54. The molecule has 5 heteroatoms. The predicted molar refractivity (Wildman–Crippen MR) is 130 cm³/mol. The molecule has 0 radical (unpaired) electrons. The van der Waals surface area contributed by atoms with Crippen molar-refractivity contribution in [1.82, 2.24) is 15.0 Å². The van der Waals surface area contributed by atoms with E-state index in [1.807, 2.05) is 42.5 Å². The van der Waals surface area contributed by atoms with Crippen molar-refractivity contribution in [3.05, 3.63) is 83.8 Å². The summed E-state index contributed by atoms with van der Waals surface area (Å²) in [6.45, 7) is 4.65. The number of benzene rings is 2. The Bertz CT molecular complexity index is 1220. The highest BCUT2D eigenvalue weighted by atomic mass is 16.5. The summed E-state index contributed by atoms with van der Waals surface area (Å²) in [5.74, 6) is 3.59. The third-order valence-electron chi connectivity index (χ3n) is 6.89. The van der Waals surface area contributed by atoms with Gasteiger partial charge in [0.2, 0.25) is 11.7 Å². The minimum Gasteiger partial charge on any atom is -0.439 e. The fourth-order valence-electron chi connectivity index (χ4n) is 4.88. The van der Waals surface area contributed by atoms with Crippen LogP contribution in [0.2, 0.25) is 0 Å². The maximum atomic E-state index is 12.9. The van der Waals surface area contributed by atoms with Gasteiger partial charge in [-0.3, -0.25) is 4.79 Å². The number of carbonyl (C=O) groups is 1. The minimum absolute atomic E-state index is 0.141. The fraction of sp³-hybridized carbons (Fsp3) is 0.321. The Hall–Kier alpha value is -3.47. The van der Waals surface area contributed by atoms with Gasteiger partial charge in [0.05, 0.1) is 11.0 Å². The number of hydrogen-bond acceptors (Lipinski definition) is 4. The first-order chi connectivity index (χ1) is 16.1. The van der Waals surface area contributed by atoms with Crippen LogP contribution in [0.4, 0.5) is 0 Å². The molecule has 1 saturated carbocycles. The first-order valence-corrected chi connectivity index (χ1v) is 11.8. The number of aromatic amines is 1. The standard InChI is InChI=1S/C28H29N3O2/c1-18(2)19-9-11-20(12-10-19)23-6-5-17-29-28(23)33-22-15-13-21(14-16-22)26(32)27-30-24-7-3-4-8-25(24)31-27/h3-8,13-20H,9-12H2,1-2H3,(H,30,31). The highest BCUT2D eigenvalue weighted by molar-refractivity contribution is 6.08. The zero-order valence-electron chi connectivity index (χ0n) is 19.1. The number of H-pyrrole nitrogens is 1. The van der Waals surface area contributed by atoms with E-state index in [1.165, 1.54) is 31.2 Å². The quantitative estimate of drug-likeness (QED) is 0.331. The van der Waals surface area contributed by atoms with E-state index in [0.29, 0.717) is 28.9 Å². The maximum absolute atomic E-state index is 12.9. The summed E-state index contributed by atoms with van der Waals surface area (Å²) in [6, 6.07) is 19.0. The van der Waals surface area contributed by atoms with Crippen molar-refractivity contribution in [3.63, 3.8) is 0 Å². The zero-order valence-corrected chi connectivity index (χ0v) is 19.1. The van der Waals surface area contributed by atoms with Crippen LogP contribution in [0.15, 0.2) is 66.9 Å². The van der Waals surface area contributed by atoms with Gasteiger partial charge in [0.15, 0.2) is 5.82 Å². The monoisotopic (exact) mass is 439 g/mol. The number of aromatic nitrogens is 3. The van der Waals surface area contributed by atoms with Crippen LogP contribution in [0.5, 0.6) is 11.6 Å². The molecule has 33 heavy (non-hydrogen) atoms. The van der Waals surface area contributed by atoms with Crippen molar-refractivity contribution >= 4 is 16.8 Å². The number of ketones is 1. The van der Waals surface area contributed by atoms with Gasteiger partial charge in [-0.2, -0.15) is 0 Å². The van der Waals surface area contributed by atoms with Gasteiger partial charge < -0.3 is 9.72 Å². The van der Waals surface area contributed by atoms with E-state index >= 15 is 0 Å². The zero-order chi connectivity index (χ0) is 22.8. The molecule has 4 aromatic rings. The second-order valence-corrected chi connectivity index (χ2v) is 9.31. The summed E-state index contributed by atoms with van der Waals surface area (Å²) in [7, 11) is 0. The lowest BCUT2D eigenvalue weighted by Gasteiger charge is -2.31. The van der Waals surface area contributed by atoms with Crippen molar-refractivity contribution in [2.75, 3.05) is 0 Å². The van der Waals surface area contributed by atoms with E-state index < -0.39 is 0 Å². The average Bonchev–Trinajstić information content (AvgIpc) is 3.29. The lowest BCUT2D eigenvalue weighted by molar-refractivity contribution is 0.103. The number of para-hydroxylation sites is 2. The molecular formula is C28H29N3O2. The predicted octanol–water partition coefficient (Wildman–Crippen LogP) is 6.91. The fourth-order valence-corrected chi connectivity index (χ4v) is 4.88. The number of nitrogens with one attached hydrogen (secondary N) is 1. The number of ether oxygens (including phenoxy) is 1. The first-order valence-electron chi connectivity index (χ1n) is 11.8. The van der Waals surface area contributed by atoms with E-state index in [-0.39, 0.29) is 5.78 Å². The summed E-state index contributed by atoms with van der Waals surface area (Å²) in [6.07, 6.45) is 6.65. The second-order valence-electron chi connectivity index (χ2n) is 9.31. The molecule has 5 nitrogen and oxygen atoms in total. The van der Waals surface area contributed by atoms with Crippen LogP contribution in [-0.2, 0) is 0 Å².